The molecule has 0 heterocycles. The van der Waals surface area contributed by atoms with Gasteiger partial charge in [-0.1, -0.05) is 11.1 Å². The summed E-state index contributed by atoms with van der Waals surface area (Å²) in [6, 6.07) is 0. The lowest BCUT2D eigenvalue weighted by molar-refractivity contribution is 0.318. The van der Waals surface area contributed by atoms with E-state index < -0.39 is 11.1 Å². The summed E-state index contributed by atoms with van der Waals surface area (Å²) >= 11 is -2.07. The average molecular weight is 109 g/mol. The molecule has 0 bridgehead atoms. The largest absolute Gasteiger partial charge is 0.772 e. The molecule has 0 aliphatic heterocycles. The van der Waals surface area contributed by atoms with E-state index in [0.717, 1.165) is 0 Å². The topological polar surface area (TPSA) is 60.4 Å². The van der Waals surface area contributed by atoms with Gasteiger partial charge < -0.3 is 9.66 Å². The fraction of sp³-hybridized carbons (Fsp3) is 1.00. The highest BCUT2D eigenvalue weighted by molar-refractivity contribution is 7.79. The Labute approximate surface area is 38.3 Å². The summed E-state index contributed by atoms with van der Waals surface area (Å²) in [6.45, 7) is -0.282. The standard InChI is InChI=1S/C2H6O3S/c3-1-2-6(4)5/h3H,1-2H2,(H,4,5)/p-1. The molecule has 38 valence electrons. The van der Waals surface area contributed by atoms with Gasteiger partial charge in [0.25, 0.3) is 0 Å². The Balaban J connectivity index is 2.83. The molecule has 4 heteroatoms. The molecule has 0 spiro atoms. The normalized spacial score (nSPS) is 14.3. The Kier molecular flexibility index (Phi) is 3.31. The van der Waals surface area contributed by atoms with Crippen LogP contribution in [-0.4, -0.2) is 26.2 Å². The summed E-state index contributed by atoms with van der Waals surface area (Å²) in [4.78, 5) is 0. The predicted octanol–water partition coefficient (Wildman–Crippen LogP) is -1.14. The SMILES string of the molecule is O=S([O-])CCO. The monoisotopic (exact) mass is 109 g/mol. The third-order valence-corrected chi connectivity index (χ3v) is 0.774. The molecule has 0 saturated heterocycles. The lowest BCUT2D eigenvalue weighted by atomic mass is 10.9. The van der Waals surface area contributed by atoms with Gasteiger partial charge >= 0.3 is 0 Å². The zero-order chi connectivity index (χ0) is 4.99. The average Bonchev–Trinajstić information content (AvgIpc) is 1.35. The van der Waals surface area contributed by atoms with Crippen molar-refractivity contribution in [3.63, 3.8) is 0 Å². The molecule has 0 rings (SSSR count). The highest BCUT2D eigenvalue weighted by atomic mass is 32.2. The molecule has 0 aromatic heterocycles. The van der Waals surface area contributed by atoms with Gasteiger partial charge in [0, 0.05) is 5.75 Å². The molecule has 3 nitrogen and oxygen atoms in total. The Morgan fingerprint density at radius 3 is 2.33 bits per heavy atom. The van der Waals surface area contributed by atoms with E-state index in [2.05, 4.69) is 0 Å². The Bertz CT molecular complexity index is 52.8. The first-order valence-corrected chi connectivity index (χ1v) is 2.68. The summed E-state index contributed by atoms with van der Waals surface area (Å²) < 4.78 is 18.9. The number of aliphatic hydroxyl groups excluding tert-OH is 1. The van der Waals surface area contributed by atoms with Crippen LogP contribution in [0, 0.1) is 0 Å². The van der Waals surface area contributed by atoms with Crippen molar-refractivity contribution in [2.24, 2.45) is 0 Å². The molecule has 0 aromatic carbocycles. The van der Waals surface area contributed by atoms with Gasteiger partial charge in [-0.3, -0.25) is 4.21 Å². The minimum atomic E-state index is -2.07. The van der Waals surface area contributed by atoms with E-state index in [1.807, 2.05) is 0 Å². The van der Waals surface area contributed by atoms with Crippen LogP contribution < -0.4 is 0 Å². The minimum Gasteiger partial charge on any atom is -0.772 e. The molecule has 0 amide bonds. The van der Waals surface area contributed by atoms with Crippen molar-refractivity contribution in [1.29, 1.82) is 0 Å². The first-order valence-electron chi connectivity index (χ1n) is 1.44. The highest BCUT2D eigenvalue weighted by Crippen LogP contribution is 1.66. The second-order valence-corrected chi connectivity index (χ2v) is 1.75. The second-order valence-electron chi connectivity index (χ2n) is 0.731. The van der Waals surface area contributed by atoms with Gasteiger partial charge in [0.15, 0.2) is 0 Å². The van der Waals surface area contributed by atoms with Crippen molar-refractivity contribution in [2.45, 2.75) is 0 Å². The Morgan fingerprint density at radius 1 is 1.83 bits per heavy atom. The smallest absolute Gasteiger partial charge is 0.0535 e. The molecule has 1 unspecified atom stereocenters. The second kappa shape index (κ2) is 3.27. The predicted molar refractivity (Wildman–Crippen MR) is 20.9 cm³/mol. The van der Waals surface area contributed by atoms with Crippen molar-refractivity contribution < 1.29 is 13.9 Å². The van der Waals surface area contributed by atoms with Gasteiger partial charge in [0.2, 0.25) is 0 Å². The molecular formula is C2H5O3S-. The van der Waals surface area contributed by atoms with E-state index in [1.54, 1.807) is 0 Å². The van der Waals surface area contributed by atoms with E-state index in [1.165, 1.54) is 0 Å². The van der Waals surface area contributed by atoms with Crippen molar-refractivity contribution >= 4 is 11.1 Å². The number of hydrogen-bond donors (Lipinski definition) is 1. The Morgan fingerprint density at radius 2 is 2.33 bits per heavy atom. The highest BCUT2D eigenvalue weighted by Gasteiger charge is 1.74. The van der Waals surface area contributed by atoms with E-state index in [0.29, 0.717) is 0 Å². The van der Waals surface area contributed by atoms with Crippen LogP contribution in [0.4, 0.5) is 0 Å². The molecule has 6 heavy (non-hydrogen) atoms. The van der Waals surface area contributed by atoms with Crippen LogP contribution in [0.1, 0.15) is 0 Å². The number of hydrogen-bond acceptors (Lipinski definition) is 3. The molecule has 0 radical (unpaired) electrons. The maximum atomic E-state index is 9.44. The lowest BCUT2D eigenvalue weighted by Gasteiger charge is -1.97. The summed E-state index contributed by atoms with van der Waals surface area (Å²) in [6.07, 6.45) is 0. The molecule has 0 saturated carbocycles. The fourth-order valence-corrected chi connectivity index (χ4v) is 0.224. The third kappa shape index (κ3) is 4.07. The number of aliphatic hydroxyl groups is 1. The fourth-order valence-electron chi connectivity index (χ4n) is 0.0745. The molecule has 0 aromatic rings. The zero-order valence-electron chi connectivity index (χ0n) is 3.09. The minimum absolute atomic E-state index is 0.153. The summed E-state index contributed by atoms with van der Waals surface area (Å²) in [7, 11) is 0. The van der Waals surface area contributed by atoms with Gasteiger partial charge in [-0.25, -0.2) is 0 Å². The first kappa shape index (κ1) is 6.07. The molecule has 0 fully saturated rings. The van der Waals surface area contributed by atoms with Crippen molar-refractivity contribution in [3.05, 3.63) is 0 Å². The van der Waals surface area contributed by atoms with Gasteiger partial charge in [0.1, 0.15) is 0 Å². The van der Waals surface area contributed by atoms with E-state index in [4.69, 9.17) is 5.11 Å². The third-order valence-electron chi connectivity index (χ3n) is 0.258. The quantitative estimate of drug-likeness (QED) is 0.456. The van der Waals surface area contributed by atoms with Gasteiger partial charge in [0.05, 0.1) is 6.61 Å². The van der Waals surface area contributed by atoms with Crippen LogP contribution in [0.15, 0.2) is 0 Å². The number of rotatable bonds is 2. The first-order chi connectivity index (χ1) is 2.77. The van der Waals surface area contributed by atoms with Crippen LogP contribution in [0.3, 0.4) is 0 Å². The lowest BCUT2D eigenvalue weighted by Crippen LogP contribution is -1.98. The van der Waals surface area contributed by atoms with Crippen LogP contribution in [0.5, 0.6) is 0 Å². The molecule has 0 aliphatic carbocycles. The van der Waals surface area contributed by atoms with Gasteiger partial charge in [-0.2, -0.15) is 0 Å². The zero-order valence-corrected chi connectivity index (χ0v) is 3.90. The maximum Gasteiger partial charge on any atom is 0.0535 e. The summed E-state index contributed by atoms with van der Waals surface area (Å²) in [5.41, 5.74) is 0. The van der Waals surface area contributed by atoms with Crippen molar-refractivity contribution in [3.8, 4) is 0 Å². The van der Waals surface area contributed by atoms with Crippen molar-refractivity contribution in [2.75, 3.05) is 12.4 Å². The van der Waals surface area contributed by atoms with Crippen molar-refractivity contribution in [1.82, 2.24) is 0 Å². The summed E-state index contributed by atoms with van der Waals surface area (Å²) in [5.74, 6) is -0.153. The van der Waals surface area contributed by atoms with Crippen LogP contribution in [-0.2, 0) is 11.1 Å². The van der Waals surface area contributed by atoms with E-state index >= 15 is 0 Å². The Hall–Kier alpha value is 0.0700. The summed E-state index contributed by atoms with van der Waals surface area (Å²) in [5, 5.41) is 7.84. The van der Waals surface area contributed by atoms with Gasteiger partial charge in [-0.15, -0.1) is 0 Å². The van der Waals surface area contributed by atoms with Crippen LogP contribution >= 0.6 is 0 Å². The van der Waals surface area contributed by atoms with Gasteiger partial charge in [-0.05, 0) is 0 Å². The molecule has 0 aliphatic rings. The van der Waals surface area contributed by atoms with Crippen LogP contribution in [0.25, 0.3) is 0 Å². The molecule has 1 N–H and O–H groups in total. The molecule has 1 atom stereocenters. The van der Waals surface area contributed by atoms with E-state index in [9.17, 15) is 8.76 Å². The van der Waals surface area contributed by atoms with Crippen LogP contribution in [0.2, 0.25) is 0 Å². The maximum absolute atomic E-state index is 9.44. The molecular weight excluding hydrogens is 104 g/mol. The van der Waals surface area contributed by atoms with E-state index in [-0.39, 0.29) is 12.4 Å².